The highest BCUT2D eigenvalue weighted by Gasteiger charge is 2.16. The molecular formula is C13H16ClFN2O2. The molecule has 0 aliphatic carbocycles. The third-order valence-electron chi connectivity index (χ3n) is 2.10. The van der Waals surface area contributed by atoms with Gasteiger partial charge in [0.1, 0.15) is 5.82 Å². The molecule has 0 fully saturated rings. The van der Waals surface area contributed by atoms with Gasteiger partial charge in [0.15, 0.2) is 0 Å². The van der Waals surface area contributed by atoms with Crippen molar-refractivity contribution in [3.05, 3.63) is 34.6 Å². The minimum atomic E-state index is -0.682. The van der Waals surface area contributed by atoms with Crippen molar-refractivity contribution < 1.29 is 14.0 Å². The van der Waals surface area contributed by atoms with E-state index in [1.165, 1.54) is 12.1 Å². The SMILES string of the molecule is CC(C)(C)NC(=O)CNC(=O)c1cc(Cl)ccc1F. The molecule has 2 N–H and O–H groups in total. The lowest BCUT2D eigenvalue weighted by molar-refractivity contribution is -0.121. The second-order valence-electron chi connectivity index (χ2n) is 5.11. The van der Waals surface area contributed by atoms with Crippen LogP contribution in [0.1, 0.15) is 31.1 Å². The second kappa shape index (κ2) is 6.02. The molecule has 0 heterocycles. The van der Waals surface area contributed by atoms with Crippen LogP contribution >= 0.6 is 11.6 Å². The van der Waals surface area contributed by atoms with Gasteiger partial charge in [-0.25, -0.2) is 4.39 Å². The first-order chi connectivity index (χ1) is 8.69. The first-order valence-corrected chi connectivity index (χ1v) is 6.11. The fourth-order valence-corrected chi connectivity index (χ4v) is 1.56. The molecule has 0 spiro atoms. The fraction of sp³-hybridized carbons (Fsp3) is 0.385. The maximum Gasteiger partial charge on any atom is 0.254 e. The third kappa shape index (κ3) is 5.26. The first-order valence-electron chi connectivity index (χ1n) is 5.73. The molecule has 0 atom stereocenters. The van der Waals surface area contributed by atoms with Gasteiger partial charge in [-0.2, -0.15) is 0 Å². The maximum atomic E-state index is 13.4. The molecule has 1 aromatic carbocycles. The zero-order valence-corrected chi connectivity index (χ0v) is 11.8. The van der Waals surface area contributed by atoms with E-state index < -0.39 is 11.7 Å². The molecule has 0 aliphatic heterocycles. The number of hydrogen-bond donors (Lipinski definition) is 2. The number of halogens is 2. The predicted molar refractivity (Wildman–Crippen MR) is 71.6 cm³/mol. The molecule has 104 valence electrons. The highest BCUT2D eigenvalue weighted by atomic mass is 35.5. The van der Waals surface area contributed by atoms with E-state index in [2.05, 4.69) is 10.6 Å². The number of hydrogen-bond acceptors (Lipinski definition) is 2. The lowest BCUT2D eigenvalue weighted by atomic mass is 10.1. The van der Waals surface area contributed by atoms with Crippen LogP contribution in [-0.4, -0.2) is 23.9 Å². The number of amides is 2. The lowest BCUT2D eigenvalue weighted by Gasteiger charge is -2.20. The van der Waals surface area contributed by atoms with Crippen molar-refractivity contribution in [1.82, 2.24) is 10.6 Å². The van der Waals surface area contributed by atoms with Gasteiger partial charge in [-0.3, -0.25) is 9.59 Å². The van der Waals surface area contributed by atoms with Gasteiger partial charge in [0.2, 0.25) is 5.91 Å². The van der Waals surface area contributed by atoms with Gasteiger partial charge < -0.3 is 10.6 Å². The summed E-state index contributed by atoms with van der Waals surface area (Å²) in [7, 11) is 0. The van der Waals surface area contributed by atoms with Gasteiger partial charge in [0.05, 0.1) is 12.1 Å². The van der Waals surface area contributed by atoms with Crippen LogP contribution in [0.5, 0.6) is 0 Å². The predicted octanol–water partition coefficient (Wildman–Crippen LogP) is 2.12. The van der Waals surface area contributed by atoms with Gasteiger partial charge in [0.25, 0.3) is 5.91 Å². The molecule has 6 heteroatoms. The maximum absolute atomic E-state index is 13.4. The Morgan fingerprint density at radius 3 is 2.53 bits per heavy atom. The van der Waals surface area contributed by atoms with Crippen molar-refractivity contribution in [3.63, 3.8) is 0 Å². The van der Waals surface area contributed by atoms with Crippen molar-refractivity contribution in [2.75, 3.05) is 6.54 Å². The summed E-state index contributed by atoms with van der Waals surface area (Å²) in [6, 6.07) is 3.67. The summed E-state index contributed by atoms with van der Waals surface area (Å²) in [5.74, 6) is -1.70. The second-order valence-corrected chi connectivity index (χ2v) is 5.54. The standard InChI is InChI=1S/C13H16ClFN2O2/c1-13(2,3)17-11(18)7-16-12(19)9-6-8(14)4-5-10(9)15/h4-6H,7H2,1-3H3,(H,16,19)(H,17,18). The van der Waals surface area contributed by atoms with Crippen molar-refractivity contribution in [2.24, 2.45) is 0 Å². The summed E-state index contributed by atoms with van der Waals surface area (Å²) in [5, 5.41) is 5.27. The Morgan fingerprint density at radius 1 is 1.32 bits per heavy atom. The van der Waals surface area contributed by atoms with E-state index in [0.29, 0.717) is 0 Å². The Morgan fingerprint density at radius 2 is 1.95 bits per heavy atom. The monoisotopic (exact) mass is 286 g/mol. The van der Waals surface area contributed by atoms with E-state index in [1.54, 1.807) is 0 Å². The largest absolute Gasteiger partial charge is 0.350 e. The summed E-state index contributed by atoms with van der Waals surface area (Å²) in [5.41, 5.74) is -0.570. The van der Waals surface area contributed by atoms with E-state index in [9.17, 15) is 14.0 Å². The van der Waals surface area contributed by atoms with Crippen molar-refractivity contribution >= 4 is 23.4 Å². The lowest BCUT2D eigenvalue weighted by Crippen LogP contribution is -2.45. The number of carbonyl (C=O) groups excluding carboxylic acids is 2. The van der Waals surface area contributed by atoms with Crippen LogP contribution < -0.4 is 10.6 Å². The summed E-state index contributed by atoms with van der Waals surface area (Å²) in [4.78, 5) is 23.2. The molecule has 19 heavy (non-hydrogen) atoms. The Bertz CT molecular complexity index is 498. The first kappa shape index (κ1) is 15.4. The quantitative estimate of drug-likeness (QED) is 0.894. The summed E-state index contributed by atoms with van der Waals surface area (Å²) in [6.45, 7) is 5.25. The summed E-state index contributed by atoms with van der Waals surface area (Å²) >= 11 is 5.68. The van der Waals surface area contributed by atoms with Crippen LogP contribution in [-0.2, 0) is 4.79 Å². The molecule has 0 saturated heterocycles. The van der Waals surface area contributed by atoms with Crippen LogP contribution in [0.15, 0.2) is 18.2 Å². The molecule has 2 amide bonds. The molecule has 0 unspecified atom stereocenters. The summed E-state index contributed by atoms with van der Waals surface area (Å²) in [6.07, 6.45) is 0. The van der Waals surface area contributed by atoms with Gasteiger partial charge in [0, 0.05) is 10.6 Å². The number of rotatable bonds is 3. The molecule has 4 nitrogen and oxygen atoms in total. The van der Waals surface area contributed by atoms with E-state index in [0.717, 1.165) is 6.07 Å². The molecule has 0 saturated carbocycles. The highest BCUT2D eigenvalue weighted by Crippen LogP contribution is 2.14. The normalized spacial score (nSPS) is 11.0. The van der Waals surface area contributed by atoms with E-state index in [4.69, 9.17) is 11.6 Å². The third-order valence-corrected chi connectivity index (χ3v) is 2.33. The van der Waals surface area contributed by atoms with E-state index in [1.807, 2.05) is 20.8 Å². The molecular weight excluding hydrogens is 271 g/mol. The highest BCUT2D eigenvalue weighted by molar-refractivity contribution is 6.31. The van der Waals surface area contributed by atoms with Gasteiger partial charge in [-0.05, 0) is 39.0 Å². The number of nitrogens with one attached hydrogen (secondary N) is 2. The fourth-order valence-electron chi connectivity index (χ4n) is 1.39. The Balaban J connectivity index is 2.61. The molecule has 0 aliphatic rings. The van der Waals surface area contributed by atoms with E-state index in [-0.39, 0.29) is 28.6 Å². The van der Waals surface area contributed by atoms with Crippen molar-refractivity contribution in [1.29, 1.82) is 0 Å². The average molecular weight is 287 g/mol. The minimum Gasteiger partial charge on any atom is -0.350 e. The van der Waals surface area contributed by atoms with Gasteiger partial charge in [-0.15, -0.1) is 0 Å². The Labute approximate surface area is 116 Å². The van der Waals surface area contributed by atoms with E-state index >= 15 is 0 Å². The average Bonchev–Trinajstić information content (AvgIpc) is 2.27. The smallest absolute Gasteiger partial charge is 0.254 e. The Kier molecular flexibility index (Phi) is 4.89. The van der Waals surface area contributed by atoms with Gasteiger partial charge >= 0.3 is 0 Å². The number of benzene rings is 1. The molecule has 0 bridgehead atoms. The topological polar surface area (TPSA) is 58.2 Å². The summed E-state index contributed by atoms with van der Waals surface area (Å²) < 4.78 is 13.4. The number of carbonyl (C=O) groups is 2. The minimum absolute atomic E-state index is 0.184. The van der Waals surface area contributed by atoms with Crippen LogP contribution in [0, 0.1) is 5.82 Å². The molecule has 0 aromatic heterocycles. The molecule has 1 aromatic rings. The van der Waals surface area contributed by atoms with Crippen molar-refractivity contribution in [3.8, 4) is 0 Å². The molecule has 1 rings (SSSR count). The van der Waals surface area contributed by atoms with Crippen molar-refractivity contribution in [2.45, 2.75) is 26.3 Å². The van der Waals surface area contributed by atoms with Crippen LogP contribution in [0.25, 0.3) is 0 Å². The Hall–Kier alpha value is -1.62. The van der Waals surface area contributed by atoms with Crippen LogP contribution in [0.4, 0.5) is 4.39 Å². The van der Waals surface area contributed by atoms with Crippen LogP contribution in [0.3, 0.4) is 0 Å². The van der Waals surface area contributed by atoms with Crippen LogP contribution in [0.2, 0.25) is 5.02 Å². The zero-order valence-electron chi connectivity index (χ0n) is 11.0. The zero-order chi connectivity index (χ0) is 14.6. The molecule has 0 radical (unpaired) electrons. The van der Waals surface area contributed by atoms with Gasteiger partial charge in [-0.1, -0.05) is 11.6 Å².